The number of benzene rings is 1. The standard InChI is InChI=1S/C23H28N6O3/c24-9-16(30)13-31-17-3-1-2-14(8-17)21-26-22(28-11-18-6-7-19(12-28)32-18)20-10-25-29(15-4-5-15)23(20)27-21/h1-3,8,10,15-16,18-19,30H,4-7,9,11-13,24H2. The maximum Gasteiger partial charge on any atom is 0.164 e. The fourth-order valence-corrected chi connectivity index (χ4v) is 4.64. The van der Waals surface area contributed by atoms with Crippen LogP contribution in [0.3, 0.4) is 0 Å². The number of ether oxygens (including phenoxy) is 2. The van der Waals surface area contributed by atoms with Crippen LogP contribution in [0, 0.1) is 0 Å². The molecule has 0 spiro atoms. The highest BCUT2D eigenvalue weighted by atomic mass is 16.5. The van der Waals surface area contributed by atoms with Crippen LogP contribution >= 0.6 is 0 Å². The van der Waals surface area contributed by atoms with Crippen molar-refractivity contribution in [2.75, 3.05) is 31.1 Å². The Hall–Kier alpha value is -2.75. The van der Waals surface area contributed by atoms with Gasteiger partial charge in [0, 0.05) is 25.2 Å². The molecular formula is C23H28N6O3. The molecule has 3 atom stereocenters. The number of aromatic nitrogens is 4. The third-order valence-electron chi connectivity index (χ3n) is 6.48. The van der Waals surface area contributed by atoms with Gasteiger partial charge in [0.15, 0.2) is 11.5 Å². The fourth-order valence-electron chi connectivity index (χ4n) is 4.64. The lowest BCUT2D eigenvalue weighted by Gasteiger charge is -2.33. The monoisotopic (exact) mass is 436 g/mol. The summed E-state index contributed by atoms with van der Waals surface area (Å²) < 4.78 is 13.8. The molecule has 3 aliphatic rings. The van der Waals surface area contributed by atoms with Crippen LogP contribution in [0.25, 0.3) is 22.4 Å². The Bertz CT molecular complexity index is 1120. The van der Waals surface area contributed by atoms with Crippen molar-refractivity contribution in [3.8, 4) is 17.1 Å². The van der Waals surface area contributed by atoms with E-state index in [9.17, 15) is 5.11 Å². The summed E-state index contributed by atoms with van der Waals surface area (Å²) in [6.07, 6.45) is 6.26. The van der Waals surface area contributed by atoms with Crippen molar-refractivity contribution < 1.29 is 14.6 Å². The molecule has 6 rings (SSSR count). The van der Waals surface area contributed by atoms with Crippen molar-refractivity contribution in [1.82, 2.24) is 19.7 Å². The summed E-state index contributed by atoms with van der Waals surface area (Å²) in [4.78, 5) is 12.3. The molecule has 1 aliphatic carbocycles. The van der Waals surface area contributed by atoms with Gasteiger partial charge in [-0.25, -0.2) is 14.6 Å². The van der Waals surface area contributed by atoms with E-state index in [1.165, 1.54) is 0 Å². The molecule has 0 radical (unpaired) electrons. The first-order valence-electron chi connectivity index (χ1n) is 11.4. The third-order valence-corrected chi connectivity index (χ3v) is 6.48. The van der Waals surface area contributed by atoms with E-state index in [0.717, 1.165) is 61.2 Å². The van der Waals surface area contributed by atoms with E-state index in [0.29, 0.717) is 17.6 Å². The second-order valence-corrected chi connectivity index (χ2v) is 9.02. The minimum Gasteiger partial charge on any atom is -0.491 e. The van der Waals surface area contributed by atoms with Gasteiger partial charge in [-0.3, -0.25) is 0 Å². The summed E-state index contributed by atoms with van der Waals surface area (Å²) >= 11 is 0. The van der Waals surface area contributed by atoms with Gasteiger partial charge in [-0.1, -0.05) is 12.1 Å². The first-order chi connectivity index (χ1) is 15.7. The Balaban J connectivity index is 1.40. The number of nitrogens with zero attached hydrogens (tertiary/aromatic N) is 5. The molecule has 0 amide bonds. The van der Waals surface area contributed by atoms with Crippen LogP contribution in [0.2, 0.25) is 0 Å². The highest BCUT2D eigenvalue weighted by Gasteiger charge is 2.36. The molecule has 1 saturated carbocycles. The minimum absolute atomic E-state index is 0.149. The SMILES string of the molecule is NCC(O)COc1cccc(-c2nc(N3CC4CCC(C3)O4)c3cnn(C4CC4)c3n2)c1. The number of anilines is 1. The zero-order valence-electron chi connectivity index (χ0n) is 17.9. The van der Waals surface area contributed by atoms with Crippen molar-refractivity contribution in [2.45, 2.75) is 50.0 Å². The van der Waals surface area contributed by atoms with Crippen molar-refractivity contribution in [2.24, 2.45) is 5.73 Å². The number of rotatable bonds is 7. The van der Waals surface area contributed by atoms with E-state index < -0.39 is 6.10 Å². The number of hydrogen-bond acceptors (Lipinski definition) is 8. The van der Waals surface area contributed by atoms with E-state index >= 15 is 0 Å². The lowest BCUT2D eigenvalue weighted by Crippen LogP contribution is -2.43. The molecule has 9 nitrogen and oxygen atoms in total. The fraction of sp³-hybridized carbons (Fsp3) is 0.522. The van der Waals surface area contributed by atoms with Gasteiger partial charge in [0.1, 0.15) is 24.3 Å². The average molecular weight is 437 g/mol. The van der Waals surface area contributed by atoms with Gasteiger partial charge >= 0.3 is 0 Å². The normalized spacial score (nSPS) is 23.6. The highest BCUT2D eigenvalue weighted by molar-refractivity contribution is 5.89. The van der Waals surface area contributed by atoms with Crippen LogP contribution in [-0.4, -0.2) is 69.4 Å². The predicted octanol–water partition coefficient (Wildman–Crippen LogP) is 1.89. The Morgan fingerprint density at radius 3 is 2.72 bits per heavy atom. The van der Waals surface area contributed by atoms with Crippen LogP contribution in [0.15, 0.2) is 30.5 Å². The average Bonchev–Trinajstić information content (AvgIpc) is 3.49. The molecule has 2 bridgehead atoms. The van der Waals surface area contributed by atoms with Gasteiger partial charge in [0.2, 0.25) is 0 Å². The summed E-state index contributed by atoms with van der Waals surface area (Å²) in [7, 11) is 0. The molecule has 3 aromatic rings. The van der Waals surface area contributed by atoms with Crippen LogP contribution in [0.1, 0.15) is 31.7 Å². The zero-order valence-corrected chi connectivity index (χ0v) is 17.9. The minimum atomic E-state index is -0.692. The molecule has 32 heavy (non-hydrogen) atoms. The molecule has 4 heterocycles. The molecule has 2 aromatic heterocycles. The van der Waals surface area contributed by atoms with Crippen molar-refractivity contribution in [1.29, 1.82) is 0 Å². The number of nitrogens with two attached hydrogens (primary N) is 1. The van der Waals surface area contributed by atoms with Crippen molar-refractivity contribution >= 4 is 16.9 Å². The summed E-state index contributed by atoms with van der Waals surface area (Å²) in [5.41, 5.74) is 7.24. The smallest absolute Gasteiger partial charge is 0.164 e. The number of aliphatic hydroxyl groups is 1. The lowest BCUT2D eigenvalue weighted by atomic mass is 10.2. The molecule has 1 aromatic carbocycles. The highest BCUT2D eigenvalue weighted by Crippen LogP contribution is 2.39. The molecular weight excluding hydrogens is 408 g/mol. The molecule has 3 unspecified atom stereocenters. The van der Waals surface area contributed by atoms with Gasteiger partial charge in [-0.2, -0.15) is 5.10 Å². The van der Waals surface area contributed by atoms with Crippen LogP contribution in [-0.2, 0) is 4.74 Å². The second kappa shape index (κ2) is 7.99. The summed E-state index contributed by atoms with van der Waals surface area (Å²) in [6, 6.07) is 8.10. The second-order valence-electron chi connectivity index (χ2n) is 9.02. The lowest BCUT2D eigenvalue weighted by molar-refractivity contribution is 0.0303. The Kier molecular flexibility index (Phi) is 4.97. The van der Waals surface area contributed by atoms with Gasteiger partial charge in [0.25, 0.3) is 0 Å². The van der Waals surface area contributed by atoms with Gasteiger partial charge in [-0.05, 0) is 37.8 Å². The largest absolute Gasteiger partial charge is 0.491 e. The topological polar surface area (TPSA) is 112 Å². The van der Waals surface area contributed by atoms with Crippen LogP contribution in [0.5, 0.6) is 5.75 Å². The Morgan fingerprint density at radius 1 is 1.16 bits per heavy atom. The van der Waals surface area contributed by atoms with E-state index in [1.807, 2.05) is 30.5 Å². The predicted molar refractivity (Wildman–Crippen MR) is 120 cm³/mol. The van der Waals surface area contributed by atoms with Gasteiger partial charge in [-0.15, -0.1) is 0 Å². The van der Waals surface area contributed by atoms with Crippen LogP contribution in [0.4, 0.5) is 5.82 Å². The molecule has 9 heteroatoms. The quantitative estimate of drug-likeness (QED) is 0.578. The summed E-state index contributed by atoms with van der Waals surface area (Å²) in [5.74, 6) is 2.24. The van der Waals surface area contributed by atoms with E-state index in [-0.39, 0.29) is 25.4 Å². The number of morpholine rings is 1. The maximum atomic E-state index is 9.72. The number of fused-ring (bicyclic) bond motifs is 3. The first-order valence-corrected chi connectivity index (χ1v) is 11.4. The van der Waals surface area contributed by atoms with E-state index in [1.54, 1.807) is 0 Å². The Morgan fingerprint density at radius 2 is 1.97 bits per heavy atom. The molecule has 2 saturated heterocycles. The maximum absolute atomic E-state index is 9.72. The van der Waals surface area contributed by atoms with Gasteiger partial charge < -0.3 is 25.2 Å². The molecule has 168 valence electrons. The van der Waals surface area contributed by atoms with Crippen LogP contribution < -0.4 is 15.4 Å². The molecule has 3 N–H and O–H groups in total. The third kappa shape index (κ3) is 3.70. The Labute approximate surface area is 186 Å². The number of aliphatic hydroxyl groups excluding tert-OH is 1. The van der Waals surface area contributed by atoms with E-state index in [4.69, 9.17) is 25.2 Å². The molecule has 2 aliphatic heterocycles. The van der Waals surface area contributed by atoms with Crippen molar-refractivity contribution in [3.05, 3.63) is 30.5 Å². The first kappa shape index (κ1) is 19.9. The zero-order chi connectivity index (χ0) is 21.7. The summed E-state index contributed by atoms with van der Waals surface area (Å²) in [6.45, 7) is 2.00. The van der Waals surface area contributed by atoms with Crippen molar-refractivity contribution in [3.63, 3.8) is 0 Å². The van der Waals surface area contributed by atoms with E-state index in [2.05, 4.69) is 14.7 Å². The number of hydrogen-bond donors (Lipinski definition) is 2. The molecule has 3 fully saturated rings. The van der Waals surface area contributed by atoms with Gasteiger partial charge in [0.05, 0.1) is 29.8 Å². The summed E-state index contributed by atoms with van der Waals surface area (Å²) in [5, 5.41) is 15.4.